The van der Waals surface area contributed by atoms with Crippen molar-refractivity contribution < 1.29 is 85.3 Å². The van der Waals surface area contributed by atoms with E-state index in [1.54, 1.807) is 0 Å². The molecular weight excluding hydrogens is 732 g/mol. The summed E-state index contributed by atoms with van der Waals surface area (Å²) in [4.78, 5) is 0. The molecule has 10 aliphatic rings. The minimum Gasteiger partial charge on any atom is -0.376 e. The molecule has 10 rings (SSSR count). The Morgan fingerprint density at radius 1 is 0.436 bits per heavy atom. The first kappa shape index (κ1) is 38.5. The van der Waals surface area contributed by atoms with E-state index in [1.165, 1.54) is 0 Å². The van der Waals surface area contributed by atoms with Gasteiger partial charge in [0.05, 0.1) is 132 Å². The Balaban J connectivity index is 0.960. The van der Waals surface area contributed by atoms with E-state index in [4.69, 9.17) is 85.3 Å². The topological polar surface area (TPSA) is 189 Å². The molecule has 9 aliphatic heterocycles. The molecule has 18 heteroatoms. The number of rotatable bonds is 28. The second-order valence-electron chi connectivity index (χ2n) is 16.4. The molecule has 0 aromatic rings. The van der Waals surface area contributed by atoms with Crippen molar-refractivity contribution in [2.75, 3.05) is 126 Å². The quantitative estimate of drug-likeness (QED) is 0.0846. The Morgan fingerprint density at radius 2 is 0.927 bits per heavy atom. The van der Waals surface area contributed by atoms with Crippen LogP contribution in [0.1, 0.15) is 6.42 Å². The molecular formula is C37H56O18. The van der Waals surface area contributed by atoms with Gasteiger partial charge in [-0.25, -0.2) is 0 Å². The van der Waals surface area contributed by atoms with Crippen LogP contribution >= 0.6 is 0 Å². The Labute approximate surface area is 320 Å². The van der Waals surface area contributed by atoms with Crippen LogP contribution in [0, 0.1) is 5.92 Å². The van der Waals surface area contributed by atoms with Crippen molar-refractivity contribution in [3.63, 3.8) is 0 Å². The van der Waals surface area contributed by atoms with Crippen LogP contribution in [0.2, 0.25) is 0 Å². The molecule has 0 N–H and O–H groups in total. The lowest BCUT2D eigenvalue weighted by atomic mass is 9.95. The minimum atomic E-state index is -1.07. The van der Waals surface area contributed by atoms with Crippen LogP contribution in [0.5, 0.6) is 0 Å². The third kappa shape index (κ3) is 10.9. The van der Waals surface area contributed by atoms with E-state index in [9.17, 15) is 0 Å². The van der Waals surface area contributed by atoms with Gasteiger partial charge >= 0.3 is 0 Å². The van der Waals surface area contributed by atoms with Crippen molar-refractivity contribution >= 4 is 0 Å². The number of ether oxygens (including phenoxy) is 18. The Morgan fingerprint density at radius 3 is 1.47 bits per heavy atom. The highest BCUT2D eigenvalue weighted by molar-refractivity contribution is 5.08. The zero-order valence-corrected chi connectivity index (χ0v) is 31.2. The Hall–Kier alpha value is -0.720. The van der Waals surface area contributed by atoms with Crippen molar-refractivity contribution in [3.05, 3.63) is 0 Å². The fraction of sp³-hybridized carbons (Fsp3) is 1.00. The van der Waals surface area contributed by atoms with Gasteiger partial charge in [-0.05, 0) is 6.42 Å². The highest BCUT2D eigenvalue weighted by atomic mass is 16.8. The molecule has 0 radical (unpaired) electrons. The van der Waals surface area contributed by atoms with Crippen LogP contribution in [-0.4, -0.2) is 223 Å². The first-order valence-electron chi connectivity index (χ1n) is 20.2. The SMILES string of the molecule is C1OCC1OC[C@H]1C[C@@](COCC2CO2)(O[C@H]2O[C@H](COCC3CO3)[C@@H](OCC3CO3)[C@H](OCC3CO3)[C@H]2OCC2CO2)[C@@H](OCC2CO2)[C@@H]1OCC1CO1. The van der Waals surface area contributed by atoms with Gasteiger partial charge in [0.25, 0.3) is 0 Å². The molecule has 1 saturated carbocycles. The molecule has 18 nitrogen and oxygen atoms in total. The number of hydrogen-bond donors (Lipinski definition) is 0. The summed E-state index contributed by atoms with van der Waals surface area (Å²) in [5, 5.41) is 0. The third-order valence-corrected chi connectivity index (χ3v) is 11.4. The van der Waals surface area contributed by atoms with Crippen LogP contribution in [0.15, 0.2) is 0 Å². The molecule has 0 aromatic heterocycles. The molecule has 0 spiro atoms. The summed E-state index contributed by atoms with van der Waals surface area (Å²) in [6.07, 6.45) is -3.73. The van der Waals surface area contributed by atoms with E-state index in [-0.39, 0.29) is 68.0 Å². The summed E-state index contributed by atoms with van der Waals surface area (Å²) in [7, 11) is 0. The summed E-state index contributed by atoms with van der Waals surface area (Å²) >= 11 is 0. The van der Waals surface area contributed by atoms with Crippen molar-refractivity contribution in [3.8, 4) is 0 Å². The molecule has 0 bridgehead atoms. The van der Waals surface area contributed by atoms with Gasteiger partial charge in [-0.15, -0.1) is 0 Å². The van der Waals surface area contributed by atoms with Crippen LogP contribution in [-0.2, 0) is 85.3 Å². The Bertz CT molecular complexity index is 1220. The fourth-order valence-corrected chi connectivity index (χ4v) is 7.53. The predicted molar refractivity (Wildman–Crippen MR) is 180 cm³/mol. The fourth-order valence-electron chi connectivity index (χ4n) is 7.53. The standard InChI is InChI=1S/C37H56O18/c1-21(2-41-22-3-38-4-22)31(49-14-25-9-44-25)35(53-18-29-13-48-29)37(1,20-40-6-24-8-43-24)55-36-34(52-17-28-12-47-28)33(51-16-27-11-46-27)32(50-15-26-10-45-26)30(54-36)19-39-5-23-7-42-23/h21-36H,1-20H2/t21-,23?,24?,25?,26?,27?,28?,29?,30-,31-,32-,33+,34-,35+,36-,37+/m1/s1. The van der Waals surface area contributed by atoms with Crippen molar-refractivity contribution in [2.45, 2.75) is 104 Å². The summed E-state index contributed by atoms with van der Waals surface area (Å²) in [5.74, 6) is -0.112. The summed E-state index contributed by atoms with van der Waals surface area (Å²) in [6.45, 7) is 9.29. The third-order valence-electron chi connectivity index (χ3n) is 11.4. The minimum absolute atomic E-state index is 0.000537. The summed E-state index contributed by atoms with van der Waals surface area (Å²) in [5.41, 5.74) is -1.07. The maximum absolute atomic E-state index is 7.43. The molecule has 0 amide bonds. The van der Waals surface area contributed by atoms with Crippen molar-refractivity contribution in [1.82, 2.24) is 0 Å². The smallest absolute Gasteiger partial charge is 0.187 e. The van der Waals surface area contributed by atoms with Crippen molar-refractivity contribution in [1.29, 1.82) is 0 Å². The zero-order chi connectivity index (χ0) is 36.6. The number of epoxide rings is 7. The molecule has 16 atom stereocenters. The van der Waals surface area contributed by atoms with Crippen LogP contribution in [0.3, 0.4) is 0 Å². The maximum atomic E-state index is 7.43. The summed E-state index contributed by atoms with van der Waals surface area (Å²) in [6, 6.07) is 0. The average molecular weight is 789 g/mol. The molecule has 312 valence electrons. The lowest BCUT2D eigenvalue weighted by Gasteiger charge is -2.48. The number of hydrogen-bond acceptors (Lipinski definition) is 18. The van der Waals surface area contributed by atoms with Gasteiger partial charge in [-0.2, -0.15) is 0 Å². The lowest BCUT2D eigenvalue weighted by molar-refractivity contribution is -0.357. The molecule has 10 fully saturated rings. The molecule has 9 heterocycles. The monoisotopic (exact) mass is 788 g/mol. The van der Waals surface area contributed by atoms with Gasteiger partial charge in [0.1, 0.15) is 85.0 Å². The molecule has 0 aromatic carbocycles. The average Bonchev–Trinajstić information content (AvgIpc) is 3.95. The molecule has 7 unspecified atom stereocenters. The van der Waals surface area contributed by atoms with Gasteiger partial charge in [0, 0.05) is 5.92 Å². The van der Waals surface area contributed by atoms with E-state index in [0.717, 1.165) is 0 Å². The van der Waals surface area contributed by atoms with Gasteiger partial charge in [-0.3, -0.25) is 0 Å². The first-order valence-corrected chi connectivity index (χ1v) is 20.2. The zero-order valence-electron chi connectivity index (χ0n) is 31.2. The normalized spacial score (nSPS) is 46.4. The van der Waals surface area contributed by atoms with E-state index in [2.05, 4.69) is 0 Å². The van der Waals surface area contributed by atoms with E-state index < -0.39 is 48.5 Å². The van der Waals surface area contributed by atoms with Crippen LogP contribution in [0.25, 0.3) is 0 Å². The van der Waals surface area contributed by atoms with E-state index >= 15 is 0 Å². The second kappa shape index (κ2) is 17.5. The maximum Gasteiger partial charge on any atom is 0.187 e. The van der Waals surface area contributed by atoms with Gasteiger partial charge in [0.15, 0.2) is 6.29 Å². The van der Waals surface area contributed by atoms with Crippen LogP contribution < -0.4 is 0 Å². The van der Waals surface area contributed by atoms with E-state index in [0.29, 0.717) is 119 Å². The Kier molecular flexibility index (Phi) is 12.2. The molecule has 9 saturated heterocycles. The van der Waals surface area contributed by atoms with Gasteiger partial charge in [-0.1, -0.05) is 0 Å². The highest BCUT2D eigenvalue weighted by Crippen LogP contribution is 2.46. The largest absolute Gasteiger partial charge is 0.376 e. The van der Waals surface area contributed by atoms with Gasteiger partial charge in [0.2, 0.25) is 0 Å². The van der Waals surface area contributed by atoms with Crippen LogP contribution in [0.4, 0.5) is 0 Å². The van der Waals surface area contributed by atoms with E-state index in [1.807, 2.05) is 0 Å². The second-order valence-corrected chi connectivity index (χ2v) is 16.4. The lowest BCUT2D eigenvalue weighted by Crippen LogP contribution is -2.65. The predicted octanol–water partition coefficient (Wildman–Crippen LogP) is -1.35. The molecule has 1 aliphatic carbocycles. The van der Waals surface area contributed by atoms with Gasteiger partial charge < -0.3 is 85.3 Å². The molecule has 55 heavy (non-hydrogen) atoms. The first-order chi connectivity index (χ1) is 27.1. The highest BCUT2D eigenvalue weighted by Gasteiger charge is 2.61. The van der Waals surface area contributed by atoms with Crippen molar-refractivity contribution in [2.24, 2.45) is 5.92 Å². The summed E-state index contributed by atoms with van der Waals surface area (Å²) < 4.78 is 111.